The van der Waals surface area contributed by atoms with Gasteiger partial charge in [0, 0.05) is 0 Å². The molecule has 0 saturated heterocycles. The van der Waals surface area contributed by atoms with Crippen molar-refractivity contribution in [2.24, 2.45) is 5.92 Å². The molecule has 0 amide bonds. The Bertz CT molecular complexity index is 356. The molecule has 0 fully saturated rings. The van der Waals surface area contributed by atoms with Gasteiger partial charge >= 0.3 is 5.97 Å². The lowest BCUT2D eigenvalue weighted by Gasteiger charge is -2.19. The van der Waals surface area contributed by atoms with Gasteiger partial charge in [0.15, 0.2) is 0 Å². The van der Waals surface area contributed by atoms with Crippen LogP contribution in [0.1, 0.15) is 155 Å². The van der Waals surface area contributed by atoms with Gasteiger partial charge in [0.1, 0.15) is 0 Å². The van der Waals surface area contributed by atoms with E-state index in [1.807, 2.05) is 0 Å². The molecule has 0 aromatic heterocycles. The third kappa shape index (κ3) is 19.4. The number of aliphatic hydroxyl groups excluding tert-OH is 1. The summed E-state index contributed by atoms with van der Waals surface area (Å²) in [6, 6.07) is 0. The number of aliphatic carboxylic acids is 1. The molecular formula is C27H54O3. The number of carboxylic acids is 1. The van der Waals surface area contributed by atoms with Crippen LogP contribution in [-0.4, -0.2) is 22.3 Å². The first kappa shape index (κ1) is 29.4. The Hall–Kier alpha value is -0.570. The van der Waals surface area contributed by atoms with Crippen LogP contribution < -0.4 is 0 Å². The highest BCUT2D eigenvalue weighted by Crippen LogP contribution is 2.21. The van der Waals surface area contributed by atoms with Crippen LogP contribution in [0.25, 0.3) is 0 Å². The first-order valence-corrected chi connectivity index (χ1v) is 13.5. The summed E-state index contributed by atoms with van der Waals surface area (Å²) in [6.07, 6.45) is 25.8. The second kappa shape index (κ2) is 23.1. The minimum atomic E-state index is -0.815. The number of carboxylic acid groups (broad SMARTS) is 1. The summed E-state index contributed by atoms with van der Waals surface area (Å²) >= 11 is 0. The molecule has 0 aromatic rings. The third-order valence-corrected chi connectivity index (χ3v) is 6.50. The SMILES string of the molecule is CCCCCCCCCCCCC[C@@H](O)[C@@H](CCCCCCCCCCC)C(=O)O. The van der Waals surface area contributed by atoms with Gasteiger partial charge in [-0.15, -0.1) is 0 Å². The molecule has 30 heavy (non-hydrogen) atoms. The summed E-state index contributed by atoms with van der Waals surface area (Å²) in [5, 5.41) is 19.8. The Kier molecular flexibility index (Phi) is 22.7. The maximum absolute atomic E-state index is 11.5. The summed E-state index contributed by atoms with van der Waals surface area (Å²) in [4.78, 5) is 11.5. The molecule has 0 spiro atoms. The predicted octanol–water partition coefficient (Wildman–Crippen LogP) is 8.67. The predicted molar refractivity (Wildman–Crippen MR) is 130 cm³/mol. The van der Waals surface area contributed by atoms with Crippen molar-refractivity contribution in [2.45, 2.75) is 161 Å². The van der Waals surface area contributed by atoms with Crippen LogP contribution in [0.5, 0.6) is 0 Å². The Balaban J connectivity index is 3.62. The van der Waals surface area contributed by atoms with E-state index in [9.17, 15) is 15.0 Å². The fourth-order valence-electron chi connectivity index (χ4n) is 4.37. The molecule has 0 aromatic carbocycles. The van der Waals surface area contributed by atoms with E-state index in [4.69, 9.17) is 0 Å². The van der Waals surface area contributed by atoms with Gasteiger partial charge in [0.25, 0.3) is 0 Å². The van der Waals surface area contributed by atoms with Gasteiger partial charge in [-0.25, -0.2) is 0 Å². The van der Waals surface area contributed by atoms with Crippen LogP contribution in [0.3, 0.4) is 0 Å². The maximum Gasteiger partial charge on any atom is 0.309 e. The van der Waals surface area contributed by atoms with Crippen molar-refractivity contribution in [3.63, 3.8) is 0 Å². The fourth-order valence-corrected chi connectivity index (χ4v) is 4.37. The molecule has 2 atom stereocenters. The normalized spacial score (nSPS) is 13.4. The zero-order chi connectivity index (χ0) is 22.3. The number of carbonyl (C=O) groups is 1. The largest absolute Gasteiger partial charge is 0.481 e. The molecule has 180 valence electrons. The Morgan fingerprint density at radius 3 is 1.17 bits per heavy atom. The summed E-state index contributed by atoms with van der Waals surface area (Å²) < 4.78 is 0. The molecule has 0 aliphatic heterocycles. The Labute approximate surface area is 188 Å². The van der Waals surface area contributed by atoms with Crippen LogP contribution in [0.15, 0.2) is 0 Å². The van der Waals surface area contributed by atoms with Crippen molar-refractivity contribution >= 4 is 5.97 Å². The first-order valence-electron chi connectivity index (χ1n) is 13.5. The smallest absolute Gasteiger partial charge is 0.309 e. The molecular weight excluding hydrogens is 372 g/mol. The van der Waals surface area contributed by atoms with E-state index >= 15 is 0 Å². The van der Waals surface area contributed by atoms with E-state index in [-0.39, 0.29) is 0 Å². The molecule has 2 N–H and O–H groups in total. The van der Waals surface area contributed by atoms with Gasteiger partial charge in [-0.05, 0) is 12.8 Å². The standard InChI is InChI=1S/C27H54O3/c1-3-5-7-9-11-13-14-16-18-20-22-24-26(28)25(27(29)30)23-21-19-17-15-12-10-8-6-4-2/h25-26,28H,3-24H2,1-2H3,(H,29,30)/t25-,26-/m1/s1. The lowest BCUT2D eigenvalue weighted by atomic mass is 9.91. The quantitative estimate of drug-likeness (QED) is 0.152. The van der Waals surface area contributed by atoms with Gasteiger partial charge in [0.2, 0.25) is 0 Å². The number of unbranched alkanes of at least 4 members (excludes halogenated alkanes) is 18. The number of hydrogen-bond acceptors (Lipinski definition) is 2. The fraction of sp³-hybridized carbons (Fsp3) is 0.963. The van der Waals surface area contributed by atoms with Crippen molar-refractivity contribution in [1.29, 1.82) is 0 Å². The first-order chi connectivity index (χ1) is 14.6. The molecule has 0 rings (SSSR count). The molecule has 0 unspecified atom stereocenters. The second-order valence-corrected chi connectivity index (χ2v) is 9.45. The van der Waals surface area contributed by atoms with Crippen LogP contribution >= 0.6 is 0 Å². The van der Waals surface area contributed by atoms with E-state index in [0.29, 0.717) is 12.8 Å². The lowest BCUT2D eigenvalue weighted by molar-refractivity contribution is -0.146. The molecule has 0 saturated carbocycles. The third-order valence-electron chi connectivity index (χ3n) is 6.50. The molecule has 0 aliphatic rings. The zero-order valence-corrected chi connectivity index (χ0v) is 20.5. The van der Waals surface area contributed by atoms with Crippen molar-refractivity contribution in [3.05, 3.63) is 0 Å². The van der Waals surface area contributed by atoms with Crippen LogP contribution in [0.2, 0.25) is 0 Å². The van der Waals surface area contributed by atoms with E-state index < -0.39 is 18.0 Å². The highest BCUT2D eigenvalue weighted by Gasteiger charge is 2.25. The molecule has 3 heteroatoms. The highest BCUT2D eigenvalue weighted by molar-refractivity contribution is 5.70. The Morgan fingerprint density at radius 2 is 0.833 bits per heavy atom. The summed E-state index contributed by atoms with van der Waals surface area (Å²) in [5.41, 5.74) is 0. The number of rotatable bonds is 24. The molecule has 0 bridgehead atoms. The van der Waals surface area contributed by atoms with E-state index in [0.717, 1.165) is 25.7 Å². The Morgan fingerprint density at radius 1 is 0.533 bits per heavy atom. The summed E-state index contributed by atoms with van der Waals surface area (Å²) in [6.45, 7) is 4.50. The minimum Gasteiger partial charge on any atom is -0.481 e. The van der Waals surface area contributed by atoms with Crippen LogP contribution in [0.4, 0.5) is 0 Å². The van der Waals surface area contributed by atoms with Crippen LogP contribution in [0, 0.1) is 5.92 Å². The van der Waals surface area contributed by atoms with E-state index in [2.05, 4.69) is 13.8 Å². The van der Waals surface area contributed by atoms with Crippen molar-refractivity contribution in [1.82, 2.24) is 0 Å². The molecule has 0 heterocycles. The molecule has 3 nitrogen and oxygen atoms in total. The average Bonchev–Trinajstić information content (AvgIpc) is 2.73. The van der Waals surface area contributed by atoms with Gasteiger partial charge in [0.05, 0.1) is 12.0 Å². The average molecular weight is 427 g/mol. The van der Waals surface area contributed by atoms with Crippen LogP contribution in [-0.2, 0) is 4.79 Å². The zero-order valence-electron chi connectivity index (χ0n) is 20.5. The van der Waals surface area contributed by atoms with Crippen molar-refractivity contribution in [2.75, 3.05) is 0 Å². The molecule has 0 aliphatic carbocycles. The highest BCUT2D eigenvalue weighted by atomic mass is 16.4. The summed E-state index contributed by atoms with van der Waals surface area (Å²) in [7, 11) is 0. The van der Waals surface area contributed by atoms with Gasteiger partial charge in [-0.2, -0.15) is 0 Å². The van der Waals surface area contributed by atoms with E-state index in [1.54, 1.807) is 0 Å². The summed E-state index contributed by atoms with van der Waals surface area (Å²) in [5.74, 6) is -1.39. The monoisotopic (exact) mass is 426 g/mol. The van der Waals surface area contributed by atoms with Crippen molar-refractivity contribution < 1.29 is 15.0 Å². The maximum atomic E-state index is 11.5. The van der Waals surface area contributed by atoms with E-state index in [1.165, 1.54) is 103 Å². The van der Waals surface area contributed by atoms with Gasteiger partial charge in [-0.3, -0.25) is 4.79 Å². The second-order valence-electron chi connectivity index (χ2n) is 9.45. The number of aliphatic hydroxyl groups is 1. The lowest BCUT2D eigenvalue weighted by Crippen LogP contribution is -2.28. The minimum absolute atomic E-state index is 0.572. The molecule has 0 radical (unpaired) electrons. The number of hydrogen-bond donors (Lipinski definition) is 2. The topological polar surface area (TPSA) is 57.5 Å². The van der Waals surface area contributed by atoms with Gasteiger partial charge in [-0.1, -0.05) is 142 Å². The van der Waals surface area contributed by atoms with Crippen molar-refractivity contribution in [3.8, 4) is 0 Å². The van der Waals surface area contributed by atoms with Gasteiger partial charge < -0.3 is 10.2 Å².